The number of carbonyl (C=O) groups excluding carboxylic acids is 2. The van der Waals surface area contributed by atoms with Crippen LogP contribution in [0, 0.1) is 0 Å². The summed E-state index contributed by atoms with van der Waals surface area (Å²) in [5.41, 5.74) is -1.19. The van der Waals surface area contributed by atoms with Gasteiger partial charge in [0.05, 0.1) is 19.3 Å². The zero-order valence-electron chi connectivity index (χ0n) is 18.2. The second-order valence-electron chi connectivity index (χ2n) is 8.31. The van der Waals surface area contributed by atoms with Crippen molar-refractivity contribution in [2.75, 3.05) is 19.0 Å². The summed E-state index contributed by atoms with van der Waals surface area (Å²) in [7, 11) is 1.52. The molecule has 1 aliphatic heterocycles. The number of hydrogen-bond acceptors (Lipinski definition) is 4. The lowest BCUT2D eigenvalue weighted by molar-refractivity contribution is -0.137. The molecule has 0 radical (unpaired) electrons. The van der Waals surface area contributed by atoms with E-state index in [9.17, 15) is 22.8 Å². The van der Waals surface area contributed by atoms with Gasteiger partial charge in [0.25, 0.3) is 5.91 Å². The zero-order chi connectivity index (χ0) is 23.6. The molecule has 1 spiro atoms. The van der Waals surface area contributed by atoms with E-state index >= 15 is 0 Å². The van der Waals surface area contributed by atoms with Crippen molar-refractivity contribution in [3.63, 3.8) is 0 Å². The van der Waals surface area contributed by atoms with Gasteiger partial charge in [-0.2, -0.15) is 13.2 Å². The molecule has 4 rings (SSSR count). The number of amides is 2. The standard InChI is InChI=1S/C24H25F3N2O4/c1-32-19-7-5-6-18(14-19)28-21(30)20-15-33-23(12-3-2-4-13-23)29(20)22(31)16-8-10-17(11-9-16)24(25,26)27/h5-11,14,20H,2-4,12-13,15H2,1H3,(H,28,30)/t20-/m0/s1. The SMILES string of the molecule is COc1cccc(NC(=O)[C@@H]2COC3(CCCCC3)N2C(=O)c2ccc(C(F)(F)F)cc2)c1. The van der Waals surface area contributed by atoms with Crippen molar-refractivity contribution < 1.29 is 32.2 Å². The molecule has 33 heavy (non-hydrogen) atoms. The Morgan fingerprint density at radius 1 is 1.09 bits per heavy atom. The van der Waals surface area contributed by atoms with Crippen LogP contribution in [0.3, 0.4) is 0 Å². The normalized spacial score (nSPS) is 20.0. The van der Waals surface area contributed by atoms with E-state index in [0.717, 1.165) is 43.5 Å². The molecule has 2 amide bonds. The van der Waals surface area contributed by atoms with Crippen LogP contribution >= 0.6 is 0 Å². The van der Waals surface area contributed by atoms with E-state index in [4.69, 9.17) is 9.47 Å². The van der Waals surface area contributed by atoms with Crippen molar-refractivity contribution in [1.29, 1.82) is 0 Å². The number of carbonyl (C=O) groups is 2. The van der Waals surface area contributed by atoms with E-state index in [1.165, 1.54) is 12.0 Å². The first kappa shape index (κ1) is 23.1. The predicted molar refractivity (Wildman–Crippen MR) is 115 cm³/mol. The minimum absolute atomic E-state index is 0.0160. The number of nitrogens with one attached hydrogen (secondary N) is 1. The maximum atomic E-state index is 13.5. The van der Waals surface area contributed by atoms with Gasteiger partial charge in [-0.25, -0.2) is 0 Å². The zero-order valence-corrected chi connectivity index (χ0v) is 18.2. The maximum Gasteiger partial charge on any atom is 0.416 e. The fourth-order valence-corrected chi connectivity index (χ4v) is 4.54. The summed E-state index contributed by atoms with van der Waals surface area (Å²) < 4.78 is 50.1. The number of rotatable bonds is 4. The monoisotopic (exact) mass is 462 g/mol. The Balaban J connectivity index is 1.62. The first-order valence-electron chi connectivity index (χ1n) is 10.8. The Morgan fingerprint density at radius 2 is 1.79 bits per heavy atom. The van der Waals surface area contributed by atoms with E-state index < -0.39 is 35.3 Å². The van der Waals surface area contributed by atoms with Gasteiger partial charge in [0.1, 0.15) is 17.5 Å². The van der Waals surface area contributed by atoms with Crippen LogP contribution in [0.4, 0.5) is 18.9 Å². The smallest absolute Gasteiger partial charge is 0.416 e. The Bertz CT molecular complexity index is 1020. The molecule has 1 saturated carbocycles. The number of ether oxygens (including phenoxy) is 2. The molecule has 0 aromatic heterocycles. The first-order valence-corrected chi connectivity index (χ1v) is 10.8. The van der Waals surface area contributed by atoms with Crippen LogP contribution < -0.4 is 10.1 Å². The van der Waals surface area contributed by atoms with Crippen LogP contribution in [0.2, 0.25) is 0 Å². The minimum atomic E-state index is -4.50. The largest absolute Gasteiger partial charge is 0.497 e. The average molecular weight is 462 g/mol. The number of benzene rings is 2. The van der Waals surface area contributed by atoms with Gasteiger partial charge in [-0.1, -0.05) is 12.5 Å². The van der Waals surface area contributed by atoms with Crippen LogP contribution in [0.25, 0.3) is 0 Å². The average Bonchev–Trinajstić information content (AvgIpc) is 3.17. The third-order valence-electron chi connectivity index (χ3n) is 6.21. The topological polar surface area (TPSA) is 67.9 Å². The van der Waals surface area contributed by atoms with Crippen molar-refractivity contribution in [2.24, 2.45) is 0 Å². The molecule has 1 N–H and O–H groups in total. The first-order chi connectivity index (χ1) is 15.7. The van der Waals surface area contributed by atoms with Crippen molar-refractivity contribution in [2.45, 2.75) is 50.0 Å². The Morgan fingerprint density at radius 3 is 2.42 bits per heavy atom. The van der Waals surface area contributed by atoms with Gasteiger partial charge >= 0.3 is 6.18 Å². The van der Waals surface area contributed by atoms with Gasteiger partial charge in [0.15, 0.2) is 0 Å². The van der Waals surface area contributed by atoms with Crippen LogP contribution in [0.15, 0.2) is 48.5 Å². The lowest BCUT2D eigenvalue weighted by atomic mass is 9.89. The quantitative estimate of drug-likeness (QED) is 0.705. The molecule has 0 unspecified atom stereocenters. The third kappa shape index (κ3) is 4.68. The fraction of sp³-hybridized carbons (Fsp3) is 0.417. The number of nitrogens with zero attached hydrogens (tertiary/aromatic N) is 1. The van der Waals surface area contributed by atoms with Crippen LogP contribution in [0.5, 0.6) is 5.75 Å². The summed E-state index contributed by atoms with van der Waals surface area (Å²) >= 11 is 0. The molecule has 2 aromatic carbocycles. The highest BCUT2D eigenvalue weighted by atomic mass is 19.4. The molecule has 1 saturated heterocycles. The molecule has 2 aliphatic rings. The van der Waals surface area contributed by atoms with Crippen molar-refractivity contribution >= 4 is 17.5 Å². The number of anilines is 1. The number of hydrogen-bond donors (Lipinski definition) is 1. The molecule has 1 atom stereocenters. The van der Waals surface area contributed by atoms with Gasteiger partial charge in [0, 0.05) is 17.3 Å². The van der Waals surface area contributed by atoms with Gasteiger partial charge in [-0.15, -0.1) is 0 Å². The number of alkyl halides is 3. The van der Waals surface area contributed by atoms with E-state index in [2.05, 4.69) is 5.32 Å². The summed E-state index contributed by atoms with van der Waals surface area (Å²) in [6.45, 7) is 0.0160. The lowest BCUT2D eigenvalue weighted by Crippen LogP contribution is -2.55. The Hall–Kier alpha value is -3.07. The second kappa shape index (κ2) is 9.05. The molecule has 2 aromatic rings. The predicted octanol–water partition coefficient (Wildman–Crippen LogP) is 4.85. The minimum Gasteiger partial charge on any atom is -0.497 e. The second-order valence-corrected chi connectivity index (χ2v) is 8.31. The molecule has 6 nitrogen and oxygen atoms in total. The van der Waals surface area contributed by atoms with Gasteiger partial charge in [-0.3, -0.25) is 14.5 Å². The third-order valence-corrected chi connectivity index (χ3v) is 6.21. The molecule has 2 fully saturated rings. The van der Waals surface area contributed by atoms with Crippen LogP contribution in [0.1, 0.15) is 48.0 Å². The van der Waals surface area contributed by atoms with Gasteiger partial charge < -0.3 is 14.8 Å². The van der Waals surface area contributed by atoms with Crippen LogP contribution in [-0.2, 0) is 15.7 Å². The molecule has 176 valence electrons. The molecule has 1 heterocycles. The molecular weight excluding hydrogens is 437 g/mol. The molecule has 0 bridgehead atoms. The van der Waals surface area contributed by atoms with E-state index in [1.807, 2.05) is 0 Å². The van der Waals surface area contributed by atoms with Gasteiger partial charge in [-0.05, 0) is 62.1 Å². The summed E-state index contributed by atoms with van der Waals surface area (Å²) in [5.74, 6) is -0.378. The highest BCUT2D eigenvalue weighted by Gasteiger charge is 2.53. The fourth-order valence-electron chi connectivity index (χ4n) is 4.54. The van der Waals surface area contributed by atoms with Crippen LogP contribution in [-0.4, -0.2) is 42.2 Å². The summed E-state index contributed by atoms with van der Waals surface area (Å²) in [6.07, 6.45) is -0.692. The number of halogens is 3. The summed E-state index contributed by atoms with van der Waals surface area (Å²) in [4.78, 5) is 28.1. The van der Waals surface area contributed by atoms with Crippen molar-refractivity contribution in [1.82, 2.24) is 4.90 Å². The van der Waals surface area contributed by atoms with E-state index in [1.54, 1.807) is 24.3 Å². The van der Waals surface area contributed by atoms with Crippen molar-refractivity contribution in [3.8, 4) is 5.75 Å². The van der Waals surface area contributed by atoms with Gasteiger partial charge in [0.2, 0.25) is 5.91 Å². The lowest BCUT2D eigenvalue weighted by Gasteiger charge is -2.41. The Labute approximate surface area is 189 Å². The highest BCUT2D eigenvalue weighted by molar-refractivity contribution is 6.02. The maximum absolute atomic E-state index is 13.5. The summed E-state index contributed by atoms with van der Waals surface area (Å²) in [5, 5.41) is 2.80. The summed E-state index contributed by atoms with van der Waals surface area (Å²) in [6, 6.07) is 9.98. The molecular formula is C24H25F3N2O4. The number of methoxy groups -OCH3 is 1. The van der Waals surface area contributed by atoms with E-state index in [0.29, 0.717) is 24.3 Å². The van der Waals surface area contributed by atoms with E-state index in [-0.39, 0.29) is 12.2 Å². The molecule has 9 heteroatoms. The van der Waals surface area contributed by atoms with Crippen molar-refractivity contribution in [3.05, 3.63) is 59.7 Å². The Kier molecular flexibility index (Phi) is 6.34. The molecule has 1 aliphatic carbocycles. The highest BCUT2D eigenvalue weighted by Crippen LogP contribution is 2.42.